The number of hydrogen-bond acceptors (Lipinski definition) is 3. The van der Waals surface area contributed by atoms with Crippen molar-refractivity contribution in [2.45, 2.75) is 13.0 Å². The van der Waals surface area contributed by atoms with Crippen molar-refractivity contribution in [3.05, 3.63) is 29.1 Å². The lowest BCUT2D eigenvalue weighted by atomic mass is 10.0. The zero-order valence-electron chi connectivity index (χ0n) is 8.68. The van der Waals surface area contributed by atoms with E-state index in [9.17, 15) is 4.39 Å². The summed E-state index contributed by atoms with van der Waals surface area (Å²) in [6.45, 7) is 1.43. The molecule has 3 nitrogen and oxygen atoms in total. The summed E-state index contributed by atoms with van der Waals surface area (Å²) in [6.07, 6.45) is 0.651. The largest absolute Gasteiger partial charge is 0.467 e. The van der Waals surface area contributed by atoms with Crippen LogP contribution < -0.4 is 10.1 Å². The van der Waals surface area contributed by atoms with Gasteiger partial charge in [0.1, 0.15) is 11.6 Å². The van der Waals surface area contributed by atoms with Gasteiger partial charge in [0, 0.05) is 5.56 Å². The molecule has 0 radical (unpaired) electrons. The summed E-state index contributed by atoms with van der Waals surface area (Å²) in [5, 5.41) is 3.00. The number of fused-ring (bicyclic) bond motifs is 1. The van der Waals surface area contributed by atoms with E-state index in [1.807, 2.05) is 7.05 Å². The second-order valence-electron chi connectivity index (χ2n) is 3.47. The Bertz CT molecular complexity index is 355. The zero-order valence-corrected chi connectivity index (χ0v) is 8.68. The Labute approximate surface area is 88.2 Å². The van der Waals surface area contributed by atoms with Gasteiger partial charge in [-0.05, 0) is 37.7 Å². The summed E-state index contributed by atoms with van der Waals surface area (Å²) < 4.78 is 24.0. The van der Waals surface area contributed by atoms with Crippen LogP contribution in [0.2, 0.25) is 0 Å². The molecule has 2 rings (SSSR count). The van der Waals surface area contributed by atoms with Gasteiger partial charge in [-0.25, -0.2) is 4.39 Å². The third kappa shape index (κ3) is 2.11. The molecule has 0 fully saturated rings. The standard InChI is InChI=1S/C11H14FNO2/c1-13-5-4-8-9-6-14-7-15-11(9)3-2-10(8)12/h2-3,13H,4-7H2,1H3. The van der Waals surface area contributed by atoms with Crippen LogP contribution >= 0.6 is 0 Å². The molecule has 0 unspecified atom stereocenters. The van der Waals surface area contributed by atoms with E-state index in [0.717, 1.165) is 17.9 Å². The van der Waals surface area contributed by atoms with E-state index in [0.29, 0.717) is 18.6 Å². The maximum atomic E-state index is 13.6. The monoisotopic (exact) mass is 211 g/mol. The minimum Gasteiger partial charge on any atom is -0.467 e. The topological polar surface area (TPSA) is 30.5 Å². The van der Waals surface area contributed by atoms with Crippen LogP contribution in [0.1, 0.15) is 11.1 Å². The Hall–Kier alpha value is -1.13. The first kappa shape index (κ1) is 10.4. The van der Waals surface area contributed by atoms with Gasteiger partial charge in [0.25, 0.3) is 0 Å². The Morgan fingerprint density at radius 1 is 1.47 bits per heavy atom. The van der Waals surface area contributed by atoms with Gasteiger partial charge >= 0.3 is 0 Å². The zero-order chi connectivity index (χ0) is 10.7. The Morgan fingerprint density at radius 2 is 2.33 bits per heavy atom. The molecular formula is C11H14FNO2. The highest BCUT2D eigenvalue weighted by molar-refractivity contribution is 5.41. The fourth-order valence-electron chi connectivity index (χ4n) is 1.71. The van der Waals surface area contributed by atoms with Gasteiger partial charge in [-0.3, -0.25) is 0 Å². The van der Waals surface area contributed by atoms with E-state index in [4.69, 9.17) is 9.47 Å². The smallest absolute Gasteiger partial charge is 0.189 e. The summed E-state index contributed by atoms with van der Waals surface area (Å²) in [6, 6.07) is 3.12. The Morgan fingerprint density at radius 3 is 3.13 bits per heavy atom. The van der Waals surface area contributed by atoms with Gasteiger partial charge < -0.3 is 14.8 Å². The Balaban J connectivity index is 2.32. The predicted octanol–water partition coefficient (Wildman–Crippen LogP) is 1.45. The van der Waals surface area contributed by atoms with Crippen molar-refractivity contribution in [2.24, 2.45) is 0 Å². The molecule has 1 aliphatic heterocycles. The van der Waals surface area contributed by atoms with Crippen LogP contribution in [0.4, 0.5) is 4.39 Å². The van der Waals surface area contributed by atoms with E-state index in [1.165, 1.54) is 6.07 Å². The second kappa shape index (κ2) is 4.59. The summed E-state index contributed by atoms with van der Waals surface area (Å²) in [7, 11) is 1.85. The van der Waals surface area contributed by atoms with Crippen molar-refractivity contribution in [1.82, 2.24) is 5.32 Å². The van der Waals surface area contributed by atoms with Gasteiger partial charge in [0.15, 0.2) is 6.79 Å². The average Bonchev–Trinajstić information content (AvgIpc) is 2.28. The number of hydrogen-bond donors (Lipinski definition) is 1. The van der Waals surface area contributed by atoms with Crippen molar-refractivity contribution >= 4 is 0 Å². The molecule has 1 heterocycles. The quantitative estimate of drug-likeness (QED) is 0.821. The van der Waals surface area contributed by atoms with Crippen molar-refractivity contribution in [3.63, 3.8) is 0 Å². The van der Waals surface area contributed by atoms with Gasteiger partial charge in [0.05, 0.1) is 6.61 Å². The average molecular weight is 211 g/mol. The van der Waals surface area contributed by atoms with Gasteiger partial charge in [-0.2, -0.15) is 0 Å². The molecule has 1 aliphatic rings. The van der Waals surface area contributed by atoms with Gasteiger partial charge in [-0.15, -0.1) is 0 Å². The van der Waals surface area contributed by atoms with Crippen molar-refractivity contribution in [3.8, 4) is 5.75 Å². The van der Waals surface area contributed by atoms with Crippen LogP contribution in [0.25, 0.3) is 0 Å². The predicted molar refractivity (Wildman–Crippen MR) is 54.3 cm³/mol. The van der Waals surface area contributed by atoms with Crippen LogP contribution in [-0.2, 0) is 17.8 Å². The summed E-state index contributed by atoms with van der Waals surface area (Å²) >= 11 is 0. The van der Waals surface area contributed by atoms with Crippen molar-refractivity contribution in [2.75, 3.05) is 20.4 Å². The molecule has 0 spiro atoms. The van der Waals surface area contributed by atoms with Crippen molar-refractivity contribution < 1.29 is 13.9 Å². The van der Waals surface area contributed by atoms with Gasteiger partial charge in [0.2, 0.25) is 0 Å². The van der Waals surface area contributed by atoms with Crippen LogP contribution in [0.3, 0.4) is 0 Å². The molecule has 1 aromatic rings. The summed E-state index contributed by atoms with van der Waals surface area (Å²) in [5.41, 5.74) is 1.54. The molecule has 4 heteroatoms. The minimum atomic E-state index is -0.182. The van der Waals surface area contributed by atoms with E-state index < -0.39 is 0 Å². The second-order valence-corrected chi connectivity index (χ2v) is 3.47. The third-order valence-electron chi connectivity index (χ3n) is 2.50. The number of ether oxygens (including phenoxy) is 2. The fourth-order valence-corrected chi connectivity index (χ4v) is 1.71. The third-order valence-corrected chi connectivity index (χ3v) is 2.50. The number of halogens is 1. The lowest BCUT2D eigenvalue weighted by Gasteiger charge is -2.20. The lowest BCUT2D eigenvalue weighted by molar-refractivity contribution is -0.0170. The minimum absolute atomic E-state index is 0.182. The van der Waals surface area contributed by atoms with Crippen molar-refractivity contribution in [1.29, 1.82) is 0 Å². The molecule has 0 bridgehead atoms. The van der Waals surface area contributed by atoms with E-state index in [1.54, 1.807) is 6.07 Å². The highest BCUT2D eigenvalue weighted by atomic mass is 19.1. The van der Waals surface area contributed by atoms with Crippen LogP contribution in [0, 0.1) is 5.82 Å². The molecule has 0 amide bonds. The summed E-state index contributed by atoms with van der Waals surface area (Å²) in [4.78, 5) is 0. The maximum Gasteiger partial charge on any atom is 0.189 e. The first-order valence-corrected chi connectivity index (χ1v) is 4.98. The maximum absolute atomic E-state index is 13.6. The normalized spacial score (nSPS) is 14.5. The number of likely N-dealkylation sites (N-methyl/N-ethyl adjacent to an activating group) is 1. The molecule has 0 saturated carbocycles. The van der Waals surface area contributed by atoms with E-state index in [2.05, 4.69) is 5.32 Å². The molecule has 0 atom stereocenters. The summed E-state index contributed by atoms with van der Waals surface area (Å²) in [5.74, 6) is 0.562. The van der Waals surface area contributed by atoms with Gasteiger partial charge in [-0.1, -0.05) is 0 Å². The molecule has 1 N–H and O–H groups in total. The highest BCUT2D eigenvalue weighted by Gasteiger charge is 2.17. The van der Waals surface area contributed by atoms with Crippen LogP contribution in [0.15, 0.2) is 12.1 Å². The molecule has 0 aromatic heterocycles. The fraction of sp³-hybridized carbons (Fsp3) is 0.455. The number of benzene rings is 1. The molecule has 82 valence electrons. The highest BCUT2D eigenvalue weighted by Crippen LogP contribution is 2.28. The SMILES string of the molecule is CNCCc1c(F)ccc2c1COCO2. The van der Waals surface area contributed by atoms with Crippen LogP contribution in [0.5, 0.6) is 5.75 Å². The molecule has 0 saturated heterocycles. The number of rotatable bonds is 3. The first-order valence-electron chi connectivity index (χ1n) is 4.98. The number of nitrogens with one attached hydrogen (secondary N) is 1. The van der Waals surface area contributed by atoms with E-state index in [-0.39, 0.29) is 12.6 Å². The molecule has 15 heavy (non-hydrogen) atoms. The molecular weight excluding hydrogens is 197 g/mol. The first-order chi connectivity index (χ1) is 7.33. The van der Waals surface area contributed by atoms with Crippen LogP contribution in [-0.4, -0.2) is 20.4 Å². The lowest BCUT2D eigenvalue weighted by Crippen LogP contribution is -2.17. The molecule has 1 aromatic carbocycles. The van der Waals surface area contributed by atoms with E-state index >= 15 is 0 Å². The Kier molecular flexibility index (Phi) is 3.18. The molecule has 0 aliphatic carbocycles.